The molecule has 2 rings (SSSR count). The molecule has 1 aliphatic rings. The molecule has 0 aliphatic heterocycles. The first-order valence-corrected chi connectivity index (χ1v) is 6.46. The van der Waals surface area contributed by atoms with Gasteiger partial charge in [0.15, 0.2) is 0 Å². The Balaban J connectivity index is 1.99. The molecule has 5 nitrogen and oxygen atoms in total. The molecular weight excluding hydrogens is 228 g/mol. The number of nitrogens with one attached hydrogen (secondary N) is 1. The van der Waals surface area contributed by atoms with Crippen molar-refractivity contribution in [2.75, 3.05) is 5.73 Å². The lowest BCUT2D eigenvalue weighted by Crippen LogP contribution is -2.37. The van der Waals surface area contributed by atoms with E-state index in [9.17, 15) is 4.79 Å². The number of nitrogen functional groups attached to an aromatic ring is 1. The van der Waals surface area contributed by atoms with Crippen molar-refractivity contribution in [3.8, 4) is 0 Å². The summed E-state index contributed by atoms with van der Waals surface area (Å²) in [4.78, 5) is 20.0. The van der Waals surface area contributed by atoms with E-state index in [0.717, 1.165) is 18.8 Å². The van der Waals surface area contributed by atoms with Gasteiger partial charge in [0.25, 0.3) is 5.91 Å². The second-order valence-electron chi connectivity index (χ2n) is 5.18. The number of hydrogen-bond acceptors (Lipinski definition) is 4. The van der Waals surface area contributed by atoms with Gasteiger partial charge in [-0.1, -0.05) is 6.92 Å². The molecule has 1 aromatic heterocycles. The Hall–Kier alpha value is -1.65. The summed E-state index contributed by atoms with van der Waals surface area (Å²) in [5, 5.41) is 3.03. The van der Waals surface area contributed by atoms with Crippen molar-refractivity contribution < 1.29 is 4.79 Å². The molecule has 0 unspecified atom stereocenters. The van der Waals surface area contributed by atoms with E-state index in [1.165, 1.54) is 12.8 Å². The Labute approximate surface area is 107 Å². The van der Waals surface area contributed by atoms with Crippen molar-refractivity contribution >= 4 is 11.9 Å². The van der Waals surface area contributed by atoms with Crippen LogP contribution in [0.4, 0.5) is 5.95 Å². The van der Waals surface area contributed by atoms with Crippen LogP contribution in [0.1, 0.15) is 48.8 Å². The van der Waals surface area contributed by atoms with Crippen molar-refractivity contribution in [3.63, 3.8) is 0 Å². The maximum atomic E-state index is 12.0. The molecule has 0 spiro atoms. The minimum atomic E-state index is -0.147. The van der Waals surface area contributed by atoms with Gasteiger partial charge in [0.2, 0.25) is 5.95 Å². The Kier molecular flexibility index (Phi) is 3.79. The van der Waals surface area contributed by atoms with Crippen LogP contribution in [0, 0.1) is 12.8 Å². The highest BCUT2D eigenvalue weighted by atomic mass is 16.1. The number of carbonyl (C=O) groups excluding carboxylic acids is 1. The maximum absolute atomic E-state index is 12.0. The van der Waals surface area contributed by atoms with Crippen LogP contribution >= 0.6 is 0 Å². The summed E-state index contributed by atoms with van der Waals surface area (Å²) in [6.45, 7) is 4.06. The largest absolute Gasteiger partial charge is 0.368 e. The third kappa shape index (κ3) is 3.18. The number of aryl methyl sites for hydroxylation is 1. The van der Waals surface area contributed by atoms with Gasteiger partial charge >= 0.3 is 0 Å². The molecule has 1 aromatic rings. The van der Waals surface area contributed by atoms with E-state index in [2.05, 4.69) is 22.2 Å². The predicted octanol–water partition coefficient (Wildman–Crippen LogP) is 1.68. The lowest BCUT2D eigenvalue weighted by atomic mass is 9.87. The van der Waals surface area contributed by atoms with Gasteiger partial charge in [0.05, 0.1) is 0 Å². The molecule has 0 bridgehead atoms. The zero-order chi connectivity index (χ0) is 13.1. The van der Waals surface area contributed by atoms with Gasteiger partial charge in [0, 0.05) is 11.7 Å². The molecule has 98 valence electrons. The van der Waals surface area contributed by atoms with Crippen molar-refractivity contribution in [1.82, 2.24) is 15.3 Å². The van der Waals surface area contributed by atoms with E-state index < -0.39 is 0 Å². The highest BCUT2D eigenvalue weighted by Crippen LogP contribution is 2.23. The molecule has 1 saturated carbocycles. The van der Waals surface area contributed by atoms with Gasteiger partial charge in [-0.2, -0.15) is 0 Å². The first-order valence-electron chi connectivity index (χ1n) is 6.46. The van der Waals surface area contributed by atoms with E-state index in [1.807, 2.05) is 0 Å². The van der Waals surface area contributed by atoms with Crippen LogP contribution in [0.15, 0.2) is 6.07 Å². The molecule has 1 amide bonds. The van der Waals surface area contributed by atoms with Crippen LogP contribution in [0.5, 0.6) is 0 Å². The third-order valence-corrected chi connectivity index (χ3v) is 3.46. The van der Waals surface area contributed by atoms with E-state index in [-0.39, 0.29) is 17.9 Å². The minimum absolute atomic E-state index is 0.147. The summed E-state index contributed by atoms with van der Waals surface area (Å²) in [6, 6.07) is 1.93. The average Bonchev–Trinajstić information content (AvgIpc) is 2.31. The van der Waals surface area contributed by atoms with E-state index in [4.69, 9.17) is 5.73 Å². The number of anilines is 1. The number of hydrogen-bond donors (Lipinski definition) is 2. The van der Waals surface area contributed by atoms with Crippen LogP contribution < -0.4 is 11.1 Å². The second-order valence-corrected chi connectivity index (χ2v) is 5.18. The first kappa shape index (κ1) is 12.8. The summed E-state index contributed by atoms with van der Waals surface area (Å²) in [5.41, 5.74) is 6.62. The van der Waals surface area contributed by atoms with Crippen molar-refractivity contribution in [2.45, 2.75) is 45.6 Å². The zero-order valence-corrected chi connectivity index (χ0v) is 10.9. The fraction of sp³-hybridized carbons (Fsp3) is 0.615. The highest BCUT2D eigenvalue weighted by molar-refractivity contribution is 5.92. The standard InChI is InChI=1S/C13H20N4O/c1-8-3-5-10(6-4-8)16-12(18)11-7-9(2)15-13(14)17-11/h7-8,10H,3-6H2,1-2H3,(H,16,18)(H2,14,15,17). The number of amides is 1. The van der Waals surface area contributed by atoms with Crippen LogP contribution in [-0.4, -0.2) is 21.9 Å². The molecule has 3 N–H and O–H groups in total. The monoisotopic (exact) mass is 248 g/mol. The summed E-state index contributed by atoms with van der Waals surface area (Å²) in [7, 11) is 0. The van der Waals surface area contributed by atoms with Gasteiger partial charge in [-0.15, -0.1) is 0 Å². The SMILES string of the molecule is Cc1cc(C(=O)NC2CCC(C)CC2)nc(N)n1. The van der Waals surface area contributed by atoms with Crippen molar-refractivity contribution in [2.24, 2.45) is 5.92 Å². The normalized spacial score (nSPS) is 23.7. The Morgan fingerprint density at radius 3 is 2.61 bits per heavy atom. The fourth-order valence-corrected chi connectivity index (χ4v) is 2.37. The van der Waals surface area contributed by atoms with Crippen LogP contribution in [0.25, 0.3) is 0 Å². The molecule has 1 heterocycles. The summed E-state index contributed by atoms with van der Waals surface area (Å²) < 4.78 is 0. The fourth-order valence-electron chi connectivity index (χ4n) is 2.37. The van der Waals surface area contributed by atoms with Crippen LogP contribution in [0.3, 0.4) is 0 Å². The summed E-state index contributed by atoms with van der Waals surface area (Å²) >= 11 is 0. The minimum Gasteiger partial charge on any atom is -0.368 e. The van der Waals surface area contributed by atoms with Gasteiger partial charge in [-0.05, 0) is 44.6 Å². The lowest BCUT2D eigenvalue weighted by Gasteiger charge is -2.26. The number of aromatic nitrogens is 2. The van der Waals surface area contributed by atoms with Crippen LogP contribution in [0.2, 0.25) is 0 Å². The topological polar surface area (TPSA) is 80.9 Å². The zero-order valence-electron chi connectivity index (χ0n) is 10.9. The lowest BCUT2D eigenvalue weighted by molar-refractivity contribution is 0.0917. The number of carbonyl (C=O) groups is 1. The third-order valence-electron chi connectivity index (χ3n) is 3.46. The van der Waals surface area contributed by atoms with E-state index >= 15 is 0 Å². The molecule has 0 radical (unpaired) electrons. The summed E-state index contributed by atoms with van der Waals surface area (Å²) in [5.74, 6) is 0.777. The quantitative estimate of drug-likeness (QED) is 0.834. The molecule has 0 aromatic carbocycles. The smallest absolute Gasteiger partial charge is 0.270 e. The molecule has 0 atom stereocenters. The molecular formula is C13H20N4O. The molecule has 0 saturated heterocycles. The molecule has 1 fully saturated rings. The second kappa shape index (κ2) is 5.33. The van der Waals surface area contributed by atoms with Gasteiger partial charge < -0.3 is 11.1 Å². The van der Waals surface area contributed by atoms with E-state index in [0.29, 0.717) is 11.4 Å². The van der Waals surface area contributed by atoms with Crippen molar-refractivity contribution in [3.05, 3.63) is 17.5 Å². The molecule has 1 aliphatic carbocycles. The van der Waals surface area contributed by atoms with Gasteiger partial charge in [0.1, 0.15) is 5.69 Å². The Morgan fingerprint density at radius 2 is 2.00 bits per heavy atom. The number of rotatable bonds is 2. The van der Waals surface area contributed by atoms with Gasteiger partial charge in [-0.25, -0.2) is 9.97 Å². The maximum Gasteiger partial charge on any atom is 0.270 e. The Bertz CT molecular complexity index is 418. The Morgan fingerprint density at radius 1 is 1.33 bits per heavy atom. The molecule has 5 heteroatoms. The number of nitrogens with two attached hydrogens (primary N) is 1. The van der Waals surface area contributed by atoms with Crippen molar-refractivity contribution in [1.29, 1.82) is 0 Å². The average molecular weight is 248 g/mol. The molecule has 18 heavy (non-hydrogen) atoms. The van der Waals surface area contributed by atoms with Crippen LogP contribution in [-0.2, 0) is 0 Å². The first-order chi connectivity index (χ1) is 8.54. The summed E-state index contributed by atoms with van der Waals surface area (Å²) in [6.07, 6.45) is 4.45. The highest BCUT2D eigenvalue weighted by Gasteiger charge is 2.21. The van der Waals surface area contributed by atoms with E-state index in [1.54, 1.807) is 13.0 Å². The van der Waals surface area contributed by atoms with Gasteiger partial charge in [-0.3, -0.25) is 4.79 Å². The number of nitrogens with zero attached hydrogens (tertiary/aromatic N) is 2. The predicted molar refractivity (Wildman–Crippen MR) is 70.1 cm³/mol.